The molecule has 0 aromatic heterocycles. The molecule has 2 saturated heterocycles. The molecule has 0 aromatic carbocycles. The Labute approximate surface area is 110 Å². The second-order valence-corrected chi connectivity index (χ2v) is 5.64. The Kier molecular flexibility index (Phi) is 4.97. The van der Waals surface area contributed by atoms with Crippen molar-refractivity contribution in [3.05, 3.63) is 0 Å². The van der Waals surface area contributed by atoms with Gasteiger partial charge in [-0.2, -0.15) is 0 Å². The Bertz CT molecular complexity index is 268. The van der Waals surface area contributed by atoms with Gasteiger partial charge in [0.25, 0.3) is 0 Å². The Morgan fingerprint density at radius 2 is 1.72 bits per heavy atom. The summed E-state index contributed by atoms with van der Waals surface area (Å²) in [7, 11) is 2.11. The van der Waals surface area contributed by atoms with Crippen molar-refractivity contribution in [2.45, 2.75) is 12.8 Å². The third-order valence-electron chi connectivity index (χ3n) is 4.26. The summed E-state index contributed by atoms with van der Waals surface area (Å²) in [5.41, 5.74) is 5.68. The minimum atomic E-state index is 0.300. The molecule has 5 heteroatoms. The topological polar surface area (TPSA) is 52.8 Å². The first-order chi connectivity index (χ1) is 8.69. The first-order valence-corrected chi connectivity index (χ1v) is 7.08. The van der Waals surface area contributed by atoms with Gasteiger partial charge in [-0.05, 0) is 45.4 Å². The molecule has 2 fully saturated rings. The Morgan fingerprint density at radius 3 is 2.28 bits per heavy atom. The molecule has 5 nitrogen and oxygen atoms in total. The van der Waals surface area contributed by atoms with Crippen LogP contribution in [0.4, 0.5) is 0 Å². The van der Waals surface area contributed by atoms with Crippen LogP contribution in [-0.4, -0.2) is 80.0 Å². The van der Waals surface area contributed by atoms with E-state index in [2.05, 4.69) is 16.8 Å². The molecule has 18 heavy (non-hydrogen) atoms. The minimum absolute atomic E-state index is 0.300. The van der Waals surface area contributed by atoms with Crippen molar-refractivity contribution in [3.63, 3.8) is 0 Å². The number of nitrogens with zero attached hydrogens (tertiary/aromatic N) is 3. The van der Waals surface area contributed by atoms with E-state index in [1.807, 2.05) is 4.90 Å². The second-order valence-electron chi connectivity index (χ2n) is 5.64. The largest absolute Gasteiger partial charge is 0.339 e. The molecule has 2 heterocycles. The highest BCUT2D eigenvalue weighted by molar-refractivity contribution is 5.78. The van der Waals surface area contributed by atoms with Crippen molar-refractivity contribution in [1.29, 1.82) is 0 Å². The smallest absolute Gasteiger partial charge is 0.236 e. The van der Waals surface area contributed by atoms with Crippen LogP contribution in [0, 0.1) is 5.92 Å². The molecule has 0 saturated carbocycles. The molecule has 2 aliphatic heterocycles. The normalized spacial score (nSPS) is 24.4. The van der Waals surface area contributed by atoms with E-state index in [9.17, 15) is 4.79 Å². The minimum Gasteiger partial charge on any atom is -0.339 e. The van der Waals surface area contributed by atoms with Crippen LogP contribution < -0.4 is 5.73 Å². The Morgan fingerprint density at radius 1 is 1.11 bits per heavy atom. The standard InChI is InChI=1S/C13H26N4O/c1-15-6-8-17(9-7-15)13(18)11-16-4-2-12(10-14)3-5-16/h12H,2-11,14H2,1H3. The number of carbonyl (C=O) groups excluding carboxylic acids is 1. The lowest BCUT2D eigenvalue weighted by Gasteiger charge is -2.35. The van der Waals surface area contributed by atoms with Crippen LogP contribution in [0.3, 0.4) is 0 Å². The fourth-order valence-electron chi connectivity index (χ4n) is 2.73. The molecule has 0 spiro atoms. The Balaban J connectivity index is 1.71. The summed E-state index contributed by atoms with van der Waals surface area (Å²) in [5.74, 6) is 0.967. The first-order valence-electron chi connectivity index (χ1n) is 7.08. The number of nitrogens with two attached hydrogens (primary N) is 1. The molecule has 0 bridgehead atoms. The summed E-state index contributed by atoms with van der Waals surface area (Å²) in [5, 5.41) is 0. The molecule has 104 valence electrons. The summed E-state index contributed by atoms with van der Waals surface area (Å²) in [6.45, 7) is 7.22. The monoisotopic (exact) mass is 254 g/mol. The fourth-order valence-corrected chi connectivity index (χ4v) is 2.73. The van der Waals surface area contributed by atoms with Crippen molar-refractivity contribution in [1.82, 2.24) is 14.7 Å². The molecule has 1 amide bonds. The predicted octanol–water partition coefficient (Wildman–Crippen LogP) is -0.569. The van der Waals surface area contributed by atoms with Crippen LogP contribution in [0.25, 0.3) is 0 Å². The van der Waals surface area contributed by atoms with Crippen LogP contribution >= 0.6 is 0 Å². The second kappa shape index (κ2) is 6.50. The molecule has 0 aliphatic carbocycles. The van der Waals surface area contributed by atoms with Gasteiger partial charge in [0.15, 0.2) is 0 Å². The van der Waals surface area contributed by atoms with Gasteiger partial charge < -0.3 is 15.5 Å². The SMILES string of the molecule is CN1CCN(C(=O)CN2CCC(CN)CC2)CC1. The van der Waals surface area contributed by atoms with E-state index in [-0.39, 0.29) is 0 Å². The van der Waals surface area contributed by atoms with Crippen LogP contribution in [-0.2, 0) is 4.79 Å². The molecule has 0 aromatic rings. The third-order valence-corrected chi connectivity index (χ3v) is 4.26. The maximum Gasteiger partial charge on any atom is 0.236 e. The molecular formula is C13H26N4O. The summed E-state index contributed by atoms with van der Waals surface area (Å²) in [4.78, 5) is 18.7. The van der Waals surface area contributed by atoms with Gasteiger partial charge in [-0.1, -0.05) is 0 Å². The van der Waals surface area contributed by atoms with Crippen LogP contribution in [0.15, 0.2) is 0 Å². The first kappa shape index (κ1) is 13.8. The lowest BCUT2D eigenvalue weighted by Crippen LogP contribution is -2.51. The lowest BCUT2D eigenvalue weighted by molar-refractivity contribution is -0.134. The molecule has 2 rings (SSSR count). The van der Waals surface area contributed by atoms with Crippen LogP contribution in [0.1, 0.15) is 12.8 Å². The molecule has 0 radical (unpaired) electrons. The maximum atomic E-state index is 12.2. The van der Waals surface area contributed by atoms with E-state index in [1.54, 1.807) is 0 Å². The summed E-state index contributed by atoms with van der Waals surface area (Å²) in [6, 6.07) is 0. The van der Waals surface area contributed by atoms with Gasteiger partial charge in [0.1, 0.15) is 0 Å². The zero-order chi connectivity index (χ0) is 13.0. The molecular weight excluding hydrogens is 228 g/mol. The highest BCUT2D eigenvalue weighted by Gasteiger charge is 2.23. The van der Waals surface area contributed by atoms with Crippen molar-refractivity contribution >= 4 is 5.91 Å². The van der Waals surface area contributed by atoms with Gasteiger partial charge in [0, 0.05) is 26.2 Å². The van der Waals surface area contributed by atoms with Crippen molar-refractivity contribution < 1.29 is 4.79 Å². The van der Waals surface area contributed by atoms with Crippen molar-refractivity contribution in [2.24, 2.45) is 11.7 Å². The number of piperazine rings is 1. The number of hydrogen-bond acceptors (Lipinski definition) is 4. The van der Waals surface area contributed by atoms with E-state index in [0.717, 1.165) is 58.7 Å². The number of carbonyl (C=O) groups is 1. The van der Waals surface area contributed by atoms with Gasteiger partial charge >= 0.3 is 0 Å². The number of likely N-dealkylation sites (tertiary alicyclic amines) is 1. The van der Waals surface area contributed by atoms with Crippen molar-refractivity contribution in [3.8, 4) is 0 Å². The zero-order valence-corrected chi connectivity index (χ0v) is 11.5. The highest BCUT2D eigenvalue weighted by Crippen LogP contribution is 2.15. The van der Waals surface area contributed by atoms with E-state index in [4.69, 9.17) is 5.73 Å². The average molecular weight is 254 g/mol. The predicted molar refractivity (Wildman–Crippen MR) is 72.3 cm³/mol. The van der Waals surface area contributed by atoms with Gasteiger partial charge in [-0.3, -0.25) is 9.69 Å². The fraction of sp³-hybridized carbons (Fsp3) is 0.923. The number of piperidine rings is 1. The van der Waals surface area contributed by atoms with Gasteiger partial charge in [-0.25, -0.2) is 0 Å². The van der Waals surface area contributed by atoms with E-state index >= 15 is 0 Å². The van der Waals surface area contributed by atoms with Crippen LogP contribution in [0.5, 0.6) is 0 Å². The summed E-state index contributed by atoms with van der Waals surface area (Å²) < 4.78 is 0. The Hall–Kier alpha value is -0.650. The molecule has 0 unspecified atom stereocenters. The number of likely N-dealkylation sites (N-methyl/N-ethyl adjacent to an activating group) is 1. The molecule has 0 atom stereocenters. The maximum absolute atomic E-state index is 12.2. The summed E-state index contributed by atoms with van der Waals surface area (Å²) >= 11 is 0. The molecule has 2 aliphatic rings. The van der Waals surface area contributed by atoms with Gasteiger partial charge in [0.2, 0.25) is 5.91 Å². The lowest BCUT2D eigenvalue weighted by atomic mass is 9.97. The van der Waals surface area contributed by atoms with Gasteiger partial charge in [-0.15, -0.1) is 0 Å². The number of rotatable bonds is 3. The average Bonchev–Trinajstić information content (AvgIpc) is 2.40. The van der Waals surface area contributed by atoms with Gasteiger partial charge in [0.05, 0.1) is 6.54 Å². The van der Waals surface area contributed by atoms with E-state index in [0.29, 0.717) is 18.4 Å². The quantitative estimate of drug-likeness (QED) is 0.733. The van der Waals surface area contributed by atoms with Crippen molar-refractivity contribution in [2.75, 3.05) is 59.4 Å². The van der Waals surface area contributed by atoms with Crippen LogP contribution in [0.2, 0.25) is 0 Å². The summed E-state index contributed by atoms with van der Waals surface area (Å²) in [6.07, 6.45) is 2.29. The van der Waals surface area contributed by atoms with E-state index in [1.165, 1.54) is 0 Å². The zero-order valence-electron chi connectivity index (χ0n) is 11.5. The highest BCUT2D eigenvalue weighted by atomic mass is 16.2. The number of amides is 1. The third kappa shape index (κ3) is 3.67. The number of hydrogen-bond donors (Lipinski definition) is 1. The molecule has 2 N–H and O–H groups in total. The van der Waals surface area contributed by atoms with E-state index < -0.39 is 0 Å².